The molecule has 0 aliphatic carbocycles. The maximum absolute atomic E-state index is 13.8. The van der Waals surface area contributed by atoms with Gasteiger partial charge in [-0.1, -0.05) is 193 Å². The number of nitrogens with one attached hydrogen (secondary N) is 1. The Morgan fingerprint density at radius 2 is 1.17 bits per heavy atom. The van der Waals surface area contributed by atoms with Crippen LogP contribution in [0, 0.1) is 0 Å². The van der Waals surface area contributed by atoms with Crippen LogP contribution in [-0.4, -0.2) is 97.7 Å². The minimum Gasteiger partial charge on any atom is -0.445 e. The van der Waals surface area contributed by atoms with E-state index in [2.05, 4.69) is 11.9 Å². The van der Waals surface area contributed by atoms with Crippen molar-refractivity contribution >= 4 is 40.9 Å². The largest absolute Gasteiger partial charge is 0.445 e. The molecule has 0 bridgehead atoms. The molecular formula is C55H60Cl3NO12. The molecule has 0 saturated carbocycles. The molecule has 11 atom stereocenters. The topological polar surface area (TPSA) is 131 Å². The average Bonchev–Trinajstić information content (AvgIpc) is 3.40. The van der Waals surface area contributed by atoms with Gasteiger partial charge in [-0.15, -0.1) is 6.58 Å². The summed E-state index contributed by atoms with van der Waals surface area (Å²) in [5, 5.41) is 2.92. The number of alkyl carbamates (subject to hydrolysis) is 1. The van der Waals surface area contributed by atoms with Gasteiger partial charge in [0.05, 0.1) is 46.2 Å². The lowest BCUT2D eigenvalue weighted by Crippen LogP contribution is -2.70. The Morgan fingerprint density at radius 3 is 1.73 bits per heavy atom. The predicted octanol–water partition coefficient (Wildman–Crippen LogP) is 10.4. The van der Waals surface area contributed by atoms with E-state index in [0.717, 1.165) is 27.8 Å². The zero-order valence-corrected chi connectivity index (χ0v) is 41.4. The Labute approximate surface area is 430 Å². The van der Waals surface area contributed by atoms with Crippen LogP contribution in [0.1, 0.15) is 46.9 Å². The number of alkyl halides is 3. The normalized spacial score (nSPS) is 26.5. The van der Waals surface area contributed by atoms with Gasteiger partial charge in [0.25, 0.3) is 0 Å². The first kappa shape index (κ1) is 52.9. The number of carbonyl (C=O) groups excluding carboxylic acids is 1. The lowest BCUT2D eigenvalue weighted by atomic mass is 9.94. The van der Waals surface area contributed by atoms with Gasteiger partial charge in [-0.05, 0) is 35.1 Å². The molecule has 5 aromatic rings. The van der Waals surface area contributed by atoms with Crippen LogP contribution in [0.4, 0.5) is 4.79 Å². The Balaban J connectivity index is 1.20. The van der Waals surface area contributed by atoms with Crippen molar-refractivity contribution in [1.82, 2.24) is 5.32 Å². The van der Waals surface area contributed by atoms with Crippen molar-refractivity contribution in [3.05, 3.63) is 192 Å². The summed E-state index contributed by atoms with van der Waals surface area (Å²) < 4.78 is 71.6. The van der Waals surface area contributed by atoms with Crippen molar-refractivity contribution in [1.29, 1.82) is 0 Å². The van der Waals surface area contributed by atoms with Crippen molar-refractivity contribution in [2.75, 3.05) is 26.4 Å². The highest BCUT2D eigenvalue weighted by Gasteiger charge is 2.56. The number of allylic oxidation sites excluding steroid dienone is 1. The lowest BCUT2D eigenvalue weighted by Gasteiger charge is -2.52. The zero-order chi connectivity index (χ0) is 49.3. The van der Waals surface area contributed by atoms with E-state index in [1.54, 1.807) is 6.08 Å². The smallest absolute Gasteiger partial charge is 0.407 e. The van der Waals surface area contributed by atoms with Gasteiger partial charge in [0.1, 0.15) is 55.4 Å². The van der Waals surface area contributed by atoms with Crippen LogP contribution in [0.5, 0.6) is 0 Å². The molecule has 3 fully saturated rings. The molecule has 0 aromatic heterocycles. The third-order valence-corrected chi connectivity index (χ3v) is 12.4. The van der Waals surface area contributed by atoms with Crippen molar-refractivity contribution < 1.29 is 56.9 Å². The van der Waals surface area contributed by atoms with Gasteiger partial charge in [0, 0.05) is 5.56 Å². The summed E-state index contributed by atoms with van der Waals surface area (Å²) >= 11 is 18.1. The first-order valence-corrected chi connectivity index (χ1v) is 24.9. The summed E-state index contributed by atoms with van der Waals surface area (Å²) in [5.74, 6) is 0. The standard InChI is InChI=1S/C55H60Cl3NO12/c1-2-3-19-30-62-52-45(59-54(60)67-37-55(56,57)58)48(47-44(68-52)36-66-51(70-47)42-28-17-8-18-29-42)71-53-50(65-34-41-26-15-7-16-27-41)49(64-33-40-24-13-6-14-25-40)46(63-32-39-22-11-5-12-23-39)43(69-53)35-61-31-38-20-9-4-10-21-38/h2,4-18,20-29,43-53H,1,3,19,30-37H2,(H,59,60)/t43-,44-,45-,46-,47-,48-,49+,50-,51?,52-,53?/m1/s1. The number of hydrogen-bond donors (Lipinski definition) is 1. The van der Waals surface area contributed by atoms with E-state index >= 15 is 0 Å². The number of benzene rings is 5. The van der Waals surface area contributed by atoms with E-state index in [0.29, 0.717) is 19.4 Å². The molecule has 3 saturated heterocycles. The van der Waals surface area contributed by atoms with Crippen LogP contribution < -0.4 is 5.32 Å². The number of halogens is 3. The van der Waals surface area contributed by atoms with E-state index in [1.807, 2.05) is 152 Å². The molecule has 3 heterocycles. The fourth-order valence-corrected chi connectivity index (χ4v) is 8.74. The van der Waals surface area contributed by atoms with Crippen molar-refractivity contribution in [3.8, 4) is 0 Å². The van der Waals surface area contributed by atoms with E-state index in [9.17, 15) is 4.79 Å². The highest BCUT2D eigenvalue weighted by molar-refractivity contribution is 6.67. The zero-order valence-electron chi connectivity index (χ0n) is 39.2. The monoisotopic (exact) mass is 1030 g/mol. The molecule has 3 aliphatic rings. The number of amides is 1. The highest BCUT2D eigenvalue weighted by Crippen LogP contribution is 2.39. The summed E-state index contributed by atoms with van der Waals surface area (Å²) in [7, 11) is 0. The summed E-state index contributed by atoms with van der Waals surface area (Å²) in [6.07, 6.45) is -7.10. The maximum Gasteiger partial charge on any atom is 0.407 e. The van der Waals surface area contributed by atoms with Crippen molar-refractivity contribution in [3.63, 3.8) is 0 Å². The number of unbranched alkanes of at least 4 members (excludes halogenated alkanes) is 1. The predicted molar refractivity (Wildman–Crippen MR) is 267 cm³/mol. The number of carbonyl (C=O) groups is 1. The number of ether oxygens (including phenoxy) is 11. The fourth-order valence-electron chi connectivity index (χ4n) is 8.57. The minimum absolute atomic E-state index is 0.0745. The molecule has 13 nitrogen and oxygen atoms in total. The number of fused-ring (bicyclic) bond motifs is 1. The van der Waals surface area contributed by atoms with Gasteiger partial charge >= 0.3 is 6.09 Å². The van der Waals surface area contributed by atoms with Crippen molar-refractivity contribution in [2.45, 2.75) is 111 Å². The molecule has 0 spiro atoms. The molecule has 16 heteroatoms. The molecule has 71 heavy (non-hydrogen) atoms. The molecule has 0 radical (unpaired) electrons. The second-order valence-electron chi connectivity index (χ2n) is 17.3. The number of hydrogen-bond acceptors (Lipinski definition) is 12. The Kier molecular flexibility index (Phi) is 20.1. The fraction of sp³-hybridized carbons (Fsp3) is 0.400. The van der Waals surface area contributed by atoms with Gasteiger partial charge in [0.15, 0.2) is 18.9 Å². The SMILES string of the molecule is C=CCCCO[C@@H]1O[C@@H]2COC(c3ccccc3)O[C@H]2[C@H](OC2O[C@H](COCc3ccccc3)[C@@H](OCc3ccccc3)[C@H](OCc3ccccc3)[C@H]2OCc2ccccc2)[C@H]1NC(=O)OCC(Cl)(Cl)Cl. The molecule has 3 aliphatic heterocycles. The number of rotatable bonds is 23. The molecular weight excluding hydrogens is 973 g/mol. The van der Waals surface area contributed by atoms with Crippen LogP contribution in [-0.2, 0) is 78.5 Å². The van der Waals surface area contributed by atoms with E-state index < -0.39 is 84.1 Å². The van der Waals surface area contributed by atoms with E-state index in [-0.39, 0.29) is 39.6 Å². The third kappa shape index (κ3) is 15.8. The Hall–Kier alpha value is -4.42. The summed E-state index contributed by atoms with van der Waals surface area (Å²) in [5.41, 5.74) is 4.52. The van der Waals surface area contributed by atoms with Gasteiger partial charge in [-0.25, -0.2) is 4.79 Å². The summed E-state index contributed by atoms with van der Waals surface area (Å²) in [4.78, 5) is 13.8. The Bertz CT molecular complexity index is 2320. The van der Waals surface area contributed by atoms with Crippen LogP contribution in [0.25, 0.3) is 0 Å². The van der Waals surface area contributed by atoms with Gasteiger partial charge in [-0.2, -0.15) is 0 Å². The first-order chi connectivity index (χ1) is 34.7. The molecule has 5 aromatic carbocycles. The minimum atomic E-state index is -1.89. The summed E-state index contributed by atoms with van der Waals surface area (Å²) in [6, 6.07) is 47.8. The quantitative estimate of drug-likeness (QED) is 0.0380. The highest BCUT2D eigenvalue weighted by atomic mass is 35.6. The van der Waals surface area contributed by atoms with Crippen LogP contribution in [0.15, 0.2) is 164 Å². The van der Waals surface area contributed by atoms with Gasteiger partial charge < -0.3 is 57.4 Å². The maximum atomic E-state index is 13.8. The summed E-state index contributed by atoms with van der Waals surface area (Å²) in [6.45, 7) is 4.61. The van der Waals surface area contributed by atoms with Crippen LogP contribution in [0.2, 0.25) is 0 Å². The van der Waals surface area contributed by atoms with Crippen molar-refractivity contribution in [2.24, 2.45) is 0 Å². The van der Waals surface area contributed by atoms with Gasteiger partial charge in [-0.3, -0.25) is 0 Å². The second kappa shape index (κ2) is 27.0. The third-order valence-electron chi connectivity index (χ3n) is 12.0. The molecule has 2 unspecified atom stereocenters. The van der Waals surface area contributed by atoms with E-state index in [4.69, 9.17) is 86.9 Å². The van der Waals surface area contributed by atoms with Gasteiger partial charge in [0.2, 0.25) is 3.79 Å². The van der Waals surface area contributed by atoms with Crippen LogP contribution >= 0.6 is 34.8 Å². The molecule has 8 rings (SSSR count). The lowest BCUT2D eigenvalue weighted by molar-refractivity contribution is -0.384. The second-order valence-corrected chi connectivity index (χ2v) is 19.8. The average molecular weight is 1030 g/mol. The molecule has 1 amide bonds. The van der Waals surface area contributed by atoms with E-state index in [1.165, 1.54) is 0 Å². The van der Waals surface area contributed by atoms with Crippen LogP contribution in [0.3, 0.4) is 0 Å². The molecule has 1 N–H and O–H groups in total. The first-order valence-electron chi connectivity index (χ1n) is 23.8. The Morgan fingerprint density at radius 1 is 0.634 bits per heavy atom. The molecule has 378 valence electrons.